The van der Waals surface area contributed by atoms with E-state index in [1.54, 1.807) is 7.11 Å². The van der Waals surface area contributed by atoms with E-state index in [0.29, 0.717) is 25.9 Å². The van der Waals surface area contributed by atoms with Crippen molar-refractivity contribution in [2.45, 2.75) is 95.7 Å². The molecule has 5 heteroatoms. The Morgan fingerprint density at radius 3 is 2.12 bits per heavy atom. The fourth-order valence-corrected chi connectivity index (χ4v) is 7.49. The van der Waals surface area contributed by atoms with Crippen LogP contribution in [0.4, 0.5) is 0 Å². The Balaban J connectivity index is 2.20. The molecule has 1 saturated heterocycles. The molecule has 0 aliphatic carbocycles. The van der Waals surface area contributed by atoms with Gasteiger partial charge in [-0.05, 0) is 6.42 Å². The summed E-state index contributed by atoms with van der Waals surface area (Å²) in [6.07, 6.45) is 9.84. The fourth-order valence-electron chi connectivity index (χ4n) is 3.53. The van der Waals surface area contributed by atoms with Crippen LogP contribution in [0.3, 0.4) is 0 Å². The maximum Gasteiger partial charge on any atom is 0.104 e. The molecule has 0 aromatic rings. The predicted octanol–water partition coefficient (Wildman–Crippen LogP) is 5.28. The molecule has 0 spiro atoms. The minimum atomic E-state index is -1.09. The number of rotatable bonds is 19. The largest absolute Gasteiger partial charge is 0.382 e. The second-order valence-corrected chi connectivity index (χ2v) is 13.4. The van der Waals surface area contributed by atoms with Crippen LogP contribution in [-0.2, 0) is 18.9 Å². The van der Waals surface area contributed by atoms with Gasteiger partial charge in [-0.3, -0.25) is 0 Å². The lowest BCUT2D eigenvalue weighted by Crippen LogP contribution is -2.30. The molecule has 4 nitrogen and oxygen atoms in total. The first-order valence-corrected chi connectivity index (χ1v) is 14.1. The SMILES string of the molecule is CCCCC[Si](C)(CCCCC)CCCOCC(COC)OCC1CO1. The molecule has 26 heavy (non-hydrogen) atoms. The molecule has 1 rings (SSSR count). The van der Waals surface area contributed by atoms with Crippen molar-refractivity contribution < 1.29 is 18.9 Å². The van der Waals surface area contributed by atoms with Crippen molar-refractivity contribution in [3.63, 3.8) is 0 Å². The lowest BCUT2D eigenvalue weighted by Gasteiger charge is -2.28. The van der Waals surface area contributed by atoms with Gasteiger partial charge in [0.15, 0.2) is 0 Å². The molecule has 0 bridgehead atoms. The van der Waals surface area contributed by atoms with E-state index in [2.05, 4.69) is 20.4 Å². The summed E-state index contributed by atoms with van der Waals surface area (Å²) >= 11 is 0. The van der Waals surface area contributed by atoms with Crippen molar-refractivity contribution in [3.05, 3.63) is 0 Å². The van der Waals surface area contributed by atoms with Gasteiger partial charge in [0.25, 0.3) is 0 Å². The van der Waals surface area contributed by atoms with E-state index < -0.39 is 8.07 Å². The Hall–Kier alpha value is 0.0569. The van der Waals surface area contributed by atoms with Gasteiger partial charge in [0.1, 0.15) is 12.2 Å². The molecule has 156 valence electrons. The Morgan fingerprint density at radius 1 is 0.962 bits per heavy atom. The van der Waals surface area contributed by atoms with Gasteiger partial charge >= 0.3 is 0 Å². The minimum Gasteiger partial charge on any atom is -0.382 e. The molecule has 0 N–H and O–H groups in total. The van der Waals surface area contributed by atoms with Crippen molar-refractivity contribution in [3.8, 4) is 0 Å². The third-order valence-corrected chi connectivity index (χ3v) is 10.1. The van der Waals surface area contributed by atoms with Crippen LogP contribution >= 0.6 is 0 Å². The molecule has 1 aliphatic rings. The van der Waals surface area contributed by atoms with Crippen LogP contribution in [0.25, 0.3) is 0 Å². The van der Waals surface area contributed by atoms with Gasteiger partial charge in [0, 0.05) is 13.7 Å². The van der Waals surface area contributed by atoms with E-state index in [0.717, 1.165) is 13.2 Å². The molecule has 1 heterocycles. The summed E-state index contributed by atoms with van der Waals surface area (Å²) in [7, 11) is 0.625. The fraction of sp³-hybridized carbons (Fsp3) is 1.00. The van der Waals surface area contributed by atoms with Crippen molar-refractivity contribution in [1.82, 2.24) is 0 Å². The van der Waals surface area contributed by atoms with Gasteiger partial charge in [-0.2, -0.15) is 0 Å². The number of ether oxygens (including phenoxy) is 4. The maximum absolute atomic E-state index is 5.92. The standard InChI is InChI=1S/C21H44O4Si/c1-5-7-9-13-26(4,14-10-8-6-2)15-11-12-23-17-20(16-22-3)24-18-21-19-25-21/h20-21H,5-19H2,1-4H3. The number of methoxy groups -OCH3 is 1. The molecule has 1 fully saturated rings. The van der Waals surface area contributed by atoms with E-state index in [9.17, 15) is 0 Å². The van der Waals surface area contributed by atoms with Crippen LogP contribution in [0, 0.1) is 0 Å². The minimum absolute atomic E-state index is 0.0296. The first kappa shape index (κ1) is 24.1. The Morgan fingerprint density at radius 2 is 1.58 bits per heavy atom. The van der Waals surface area contributed by atoms with Gasteiger partial charge in [-0.15, -0.1) is 0 Å². The van der Waals surface area contributed by atoms with Crippen molar-refractivity contribution in [1.29, 1.82) is 0 Å². The highest BCUT2D eigenvalue weighted by atomic mass is 28.3. The molecular formula is C21H44O4Si. The topological polar surface area (TPSA) is 40.2 Å². The molecule has 0 aromatic heterocycles. The van der Waals surface area contributed by atoms with Crippen LogP contribution in [0.2, 0.25) is 24.7 Å². The average molecular weight is 389 g/mol. The van der Waals surface area contributed by atoms with E-state index in [1.165, 1.54) is 63.1 Å². The van der Waals surface area contributed by atoms with Crippen molar-refractivity contribution >= 4 is 8.07 Å². The number of unbranched alkanes of at least 4 members (excludes halogenated alkanes) is 4. The Labute approximate surface area is 163 Å². The maximum atomic E-state index is 5.92. The van der Waals surface area contributed by atoms with Crippen molar-refractivity contribution in [2.75, 3.05) is 40.1 Å². The number of hydrogen-bond donors (Lipinski definition) is 0. The van der Waals surface area contributed by atoms with E-state index in [-0.39, 0.29) is 6.10 Å². The summed E-state index contributed by atoms with van der Waals surface area (Å²) in [5.41, 5.74) is 0. The molecule has 0 amide bonds. The normalized spacial score (nSPS) is 18.2. The zero-order valence-electron chi connectivity index (χ0n) is 17.9. The van der Waals surface area contributed by atoms with E-state index >= 15 is 0 Å². The first-order valence-electron chi connectivity index (χ1n) is 10.9. The lowest BCUT2D eigenvalue weighted by molar-refractivity contribution is -0.0545. The van der Waals surface area contributed by atoms with Gasteiger partial charge in [0.05, 0.1) is 34.5 Å². The van der Waals surface area contributed by atoms with E-state index in [1.807, 2.05) is 0 Å². The van der Waals surface area contributed by atoms with Crippen LogP contribution in [-0.4, -0.2) is 60.4 Å². The molecule has 2 unspecified atom stereocenters. The highest BCUT2D eigenvalue weighted by Crippen LogP contribution is 2.28. The smallest absolute Gasteiger partial charge is 0.104 e. The third-order valence-electron chi connectivity index (χ3n) is 5.41. The second-order valence-electron chi connectivity index (χ2n) is 8.27. The highest BCUT2D eigenvalue weighted by molar-refractivity contribution is 6.78. The van der Waals surface area contributed by atoms with Crippen LogP contribution < -0.4 is 0 Å². The zero-order valence-corrected chi connectivity index (χ0v) is 18.9. The number of epoxide rings is 1. The van der Waals surface area contributed by atoms with Crippen LogP contribution in [0.15, 0.2) is 0 Å². The summed E-state index contributed by atoms with van der Waals surface area (Å²) in [6.45, 7) is 10.8. The van der Waals surface area contributed by atoms with Crippen LogP contribution in [0.1, 0.15) is 58.8 Å². The summed E-state index contributed by atoms with van der Waals surface area (Å²) in [6, 6.07) is 4.41. The Kier molecular flexibility index (Phi) is 13.9. The Bertz CT molecular complexity index is 313. The lowest BCUT2D eigenvalue weighted by atomic mass is 10.3. The monoisotopic (exact) mass is 388 g/mol. The summed E-state index contributed by atoms with van der Waals surface area (Å²) in [5, 5.41) is 0. The van der Waals surface area contributed by atoms with Gasteiger partial charge in [-0.25, -0.2) is 0 Å². The molecular weight excluding hydrogens is 344 g/mol. The van der Waals surface area contributed by atoms with Gasteiger partial charge < -0.3 is 18.9 Å². The second kappa shape index (κ2) is 15.0. The predicted molar refractivity (Wildman–Crippen MR) is 112 cm³/mol. The molecule has 1 aliphatic heterocycles. The van der Waals surface area contributed by atoms with Gasteiger partial charge in [0.2, 0.25) is 0 Å². The zero-order chi connectivity index (χ0) is 19.1. The molecule has 0 aromatic carbocycles. The average Bonchev–Trinajstić information content (AvgIpc) is 3.44. The number of hydrogen-bond acceptors (Lipinski definition) is 4. The summed E-state index contributed by atoms with van der Waals surface area (Å²) in [4.78, 5) is 0. The van der Waals surface area contributed by atoms with Crippen molar-refractivity contribution in [2.24, 2.45) is 0 Å². The van der Waals surface area contributed by atoms with E-state index in [4.69, 9.17) is 18.9 Å². The molecule has 2 atom stereocenters. The summed E-state index contributed by atoms with van der Waals surface area (Å²) < 4.78 is 22.2. The van der Waals surface area contributed by atoms with Gasteiger partial charge in [-0.1, -0.05) is 77.1 Å². The molecule has 0 saturated carbocycles. The third kappa shape index (κ3) is 12.4. The quantitative estimate of drug-likeness (QED) is 0.171. The highest BCUT2D eigenvalue weighted by Gasteiger charge is 2.26. The van der Waals surface area contributed by atoms with Crippen LogP contribution in [0.5, 0.6) is 0 Å². The summed E-state index contributed by atoms with van der Waals surface area (Å²) in [5.74, 6) is 0. The first-order chi connectivity index (χ1) is 12.6. The molecule has 0 radical (unpaired) electrons.